The molecule has 0 atom stereocenters. The summed E-state index contributed by atoms with van der Waals surface area (Å²) in [5.74, 6) is -0.461. The van der Waals surface area contributed by atoms with Crippen LogP contribution < -0.4 is 0 Å². The highest BCUT2D eigenvalue weighted by atomic mass is 32.1. The number of hydrogen-bond donors (Lipinski definition) is 0. The fraction of sp³-hybridized carbons (Fsp3) is 0.333. The summed E-state index contributed by atoms with van der Waals surface area (Å²) < 4.78 is 18.7. The zero-order chi connectivity index (χ0) is 14.4. The van der Waals surface area contributed by atoms with E-state index in [0.29, 0.717) is 12.2 Å². The van der Waals surface area contributed by atoms with Gasteiger partial charge < -0.3 is 4.74 Å². The van der Waals surface area contributed by atoms with Crippen molar-refractivity contribution in [1.82, 2.24) is 4.98 Å². The maximum Gasteiger partial charge on any atom is 0.162 e. The lowest BCUT2D eigenvalue weighted by atomic mass is 10.1. The number of nitrogens with zero attached hydrogens (tertiary/aromatic N) is 1. The lowest BCUT2D eigenvalue weighted by Crippen LogP contribution is -2.13. The number of aromatic nitrogens is 1. The number of thiazole rings is 1. The third-order valence-electron chi connectivity index (χ3n) is 2.93. The molecule has 0 aliphatic rings. The first kappa shape index (κ1) is 14.8. The summed E-state index contributed by atoms with van der Waals surface area (Å²) in [4.78, 5) is 17.0. The van der Waals surface area contributed by atoms with E-state index in [2.05, 4.69) is 4.98 Å². The van der Waals surface area contributed by atoms with Gasteiger partial charge in [-0.2, -0.15) is 0 Å². The molecule has 0 aliphatic heterocycles. The Bertz CT molecular complexity index is 583. The largest absolute Gasteiger partial charge is 0.373 e. The molecule has 2 rings (SSSR count). The molecule has 2 aromatic rings. The molecule has 106 valence electrons. The predicted molar refractivity (Wildman–Crippen MR) is 76.5 cm³/mol. The lowest BCUT2D eigenvalue weighted by molar-refractivity contribution is -0.122. The Labute approximate surface area is 121 Å². The fourth-order valence-corrected chi connectivity index (χ4v) is 2.58. The normalized spacial score (nSPS) is 10.7. The Balaban J connectivity index is 1.71. The minimum Gasteiger partial charge on any atom is -0.373 e. The summed E-state index contributed by atoms with van der Waals surface area (Å²) in [6, 6.07) is 6.31. The summed E-state index contributed by atoms with van der Waals surface area (Å²) >= 11 is 1.59. The molecule has 0 radical (unpaired) electrons. The summed E-state index contributed by atoms with van der Waals surface area (Å²) in [5, 5.41) is 0. The highest BCUT2D eigenvalue weighted by Crippen LogP contribution is 2.12. The van der Waals surface area contributed by atoms with Crippen molar-refractivity contribution in [2.24, 2.45) is 0 Å². The van der Waals surface area contributed by atoms with Gasteiger partial charge in [-0.15, -0.1) is 11.3 Å². The van der Waals surface area contributed by atoms with E-state index >= 15 is 0 Å². The average molecular weight is 293 g/mol. The first-order valence-corrected chi connectivity index (χ1v) is 7.26. The zero-order valence-electron chi connectivity index (χ0n) is 11.3. The van der Waals surface area contributed by atoms with Crippen LogP contribution in [-0.2, 0) is 22.4 Å². The van der Waals surface area contributed by atoms with Crippen molar-refractivity contribution in [2.45, 2.75) is 19.8 Å². The minimum absolute atomic E-state index is 0.0200. The summed E-state index contributed by atoms with van der Waals surface area (Å²) in [5.41, 5.74) is 3.23. The zero-order valence-corrected chi connectivity index (χ0v) is 12.1. The van der Waals surface area contributed by atoms with Crippen molar-refractivity contribution < 1.29 is 13.9 Å². The van der Waals surface area contributed by atoms with E-state index in [0.717, 1.165) is 12.1 Å². The minimum atomic E-state index is -0.346. The van der Waals surface area contributed by atoms with Crippen LogP contribution in [0.3, 0.4) is 0 Å². The van der Waals surface area contributed by atoms with Crippen molar-refractivity contribution in [3.63, 3.8) is 0 Å². The third-order valence-corrected chi connectivity index (χ3v) is 3.92. The summed E-state index contributed by atoms with van der Waals surface area (Å²) in [6.45, 7) is 2.45. The molecule has 0 spiro atoms. The van der Waals surface area contributed by atoms with Gasteiger partial charge in [-0.25, -0.2) is 9.37 Å². The first-order valence-electron chi connectivity index (χ1n) is 6.38. The van der Waals surface area contributed by atoms with Crippen LogP contribution in [0.15, 0.2) is 29.8 Å². The molecule has 0 aliphatic carbocycles. The van der Waals surface area contributed by atoms with Gasteiger partial charge in [-0.05, 0) is 18.6 Å². The predicted octanol–water partition coefficient (Wildman–Crippen LogP) is 2.96. The first-order chi connectivity index (χ1) is 9.66. The van der Waals surface area contributed by atoms with Crippen LogP contribution in [0.25, 0.3) is 0 Å². The molecule has 1 heterocycles. The SMILES string of the molecule is Cc1ncsc1CCOCC(=O)Cc1ccccc1F. The van der Waals surface area contributed by atoms with E-state index in [1.165, 1.54) is 10.9 Å². The van der Waals surface area contributed by atoms with Crippen LogP contribution in [0.1, 0.15) is 16.1 Å². The smallest absolute Gasteiger partial charge is 0.162 e. The van der Waals surface area contributed by atoms with Crippen LogP contribution in [0.4, 0.5) is 4.39 Å². The van der Waals surface area contributed by atoms with E-state index < -0.39 is 0 Å². The highest BCUT2D eigenvalue weighted by molar-refractivity contribution is 7.09. The second-order valence-corrected chi connectivity index (χ2v) is 5.41. The number of carbonyl (C=O) groups excluding carboxylic acids is 1. The molecule has 0 N–H and O–H groups in total. The summed E-state index contributed by atoms with van der Waals surface area (Å²) in [7, 11) is 0. The average Bonchev–Trinajstić information content (AvgIpc) is 2.83. The van der Waals surface area contributed by atoms with Gasteiger partial charge in [0, 0.05) is 17.7 Å². The van der Waals surface area contributed by atoms with Crippen molar-refractivity contribution in [2.75, 3.05) is 13.2 Å². The highest BCUT2D eigenvalue weighted by Gasteiger charge is 2.08. The molecule has 0 unspecified atom stereocenters. The van der Waals surface area contributed by atoms with Crippen molar-refractivity contribution >= 4 is 17.1 Å². The topological polar surface area (TPSA) is 39.2 Å². The van der Waals surface area contributed by atoms with E-state index in [9.17, 15) is 9.18 Å². The Hall–Kier alpha value is -1.59. The number of hydrogen-bond acceptors (Lipinski definition) is 4. The number of Topliss-reactive ketones (excluding diaryl/α,β-unsaturated/α-hetero) is 1. The van der Waals surface area contributed by atoms with Gasteiger partial charge in [-0.3, -0.25) is 4.79 Å². The number of halogens is 1. The van der Waals surface area contributed by atoms with E-state index in [4.69, 9.17) is 4.74 Å². The second-order valence-electron chi connectivity index (χ2n) is 4.47. The lowest BCUT2D eigenvalue weighted by Gasteiger charge is -2.04. The molecular formula is C15H16FNO2S. The van der Waals surface area contributed by atoms with Crippen LogP contribution >= 0.6 is 11.3 Å². The van der Waals surface area contributed by atoms with E-state index in [1.807, 2.05) is 6.92 Å². The molecule has 0 bridgehead atoms. The Morgan fingerprint density at radius 1 is 1.40 bits per heavy atom. The molecule has 1 aromatic carbocycles. The van der Waals surface area contributed by atoms with Crippen LogP contribution in [0.2, 0.25) is 0 Å². The van der Waals surface area contributed by atoms with Gasteiger partial charge in [0.2, 0.25) is 0 Å². The standard InChI is InChI=1S/C15H16FNO2S/c1-11-15(20-10-17-11)6-7-19-9-13(18)8-12-4-2-3-5-14(12)16/h2-5,10H,6-9H2,1H3. The number of ketones is 1. The van der Waals surface area contributed by atoms with Gasteiger partial charge in [0.05, 0.1) is 17.8 Å². The molecule has 20 heavy (non-hydrogen) atoms. The summed E-state index contributed by atoms with van der Waals surface area (Å²) in [6.07, 6.45) is 0.829. The maximum absolute atomic E-state index is 13.4. The van der Waals surface area contributed by atoms with Crippen LogP contribution in [0, 0.1) is 12.7 Å². The van der Waals surface area contributed by atoms with Crippen LogP contribution in [-0.4, -0.2) is 24.0 Å². The van der Waals surface area contributed by atoms with Crippen LogP contribution in [0.5, 0.6) is 0 Å². The molecule has 1 aromatic heterocycles. The number of carbonyl (C=O) groups is 1. The number of rotatable bonds is 7. The molecule has 0 amide bonds. The van der Waals surface area contributed by atoms with Gasteiger partial charge in [0.1, 0.15) is 12.4 Å². The van der Waals surface area contributed by atoms with E-state index in [1.54, 1.807) is 35.0 Å². The van der Waals surface area contributed by atoms with Gasteiger partial charge in [0.25, 0.3) is 0 Å². The van der Waals surface area contributed by atoms with E-state index in [-0.39, 0.29) is 24.6 Å². The maximum atomic E-state index is 13.4. The van der Waals surface area contributed by atoms with Crippen molar-refractivity contribution in [3.8, 4) is 0 Å². The van der Waals surface area contributed by atoms with Gasteiger partial charge >= 0.3 is 0 Å². The fourth-order valence-electron chi connectivity index (χ4n) is 1.82. The molecule has 3 nitrogen and oxygen atoms in total. The second kappa shape index (κ2) is 7.26. The molecular weight excluding hydrogens is 277 g/mol. The van der Waals surface area contributed by atoms with Crippen molar-refractivity contribution in [3.05, 3.63) is 51.7 Å². The van der Waals surface area contributed by atoms with Gasteiger partial charge in [-0.1, -0.05) is 18.2 Å². The molecule has 0 fully saturated rings. The Kier molecular flexibility index (Phi) is 5.38. The monoisotopic (exact) mass is 293 g/mol. The Morgan fingerprint density at radius 2 is 2.20 bits per heavy atom. The quantitative estimate of drug-likeness (QED) is 0.737. The Morgan fingerprint density at radius 3 is 2.90 bits per heavy atom. The molecule has 0 saturated heterocycles. The number of aryl methyl sites for hydroxylation is 1. The number of ether oxygens (including phenoxy) is 1. The van der Waals surface area contributed by atoms with Gasteiger partial charge in [0.15, 0.2) is 5.78 Å². The number of benzene rings is 1. The third kappa shape index (κ3) is 4.21. The molecule has 5 heteroatoms. The molecule has 0 saturated carbocycles. The van der Waals surface area contributed by atoms with Crippen molar-refractivity contribution in [1.29, 1.82) is 0 Å².